The Bertz CT molecular complexity index is 477. The summed E-state index contributed by atoms with van der Waals surface area (Å²) in [6.45, 7) is 0. The summed E-state index contributed by atoms with van der Waals surface area (Å²) in [5.41, 5.74) is 6.13. The average Bonchev–Trinajstić information content (AvgIpc) is 2.46. The van der Waals surface area contributed by atoms with Crippen LogP contribution in [0.2, 0.25) is 0 Å². The Morgan fingerprint density at radius 2 is 2.38 bits per heavy atom. The van der Waals surface area contributed by atoms with Gasteiger partial charge in [-0.1, -0.05) is 0 Å². The molecule has 2 rings (SSSR count). The number of imidazole rings is 1. The van der Waals surface area contributed by atoms with E-state index in [9.17, 15) is 4.79 Å². The number of primary amides is 1. The van der Waals surface area contributed by atoms with Crippen molar-refractivity contribution in [3.8, 4) is 0 Å². The van der Waals surface area contributed by atoms with Crippen molar-refractivity contribution < 1.29 is 4.79 Å². The van der Waals surface area contributed by atoms with Crippen molar-refractivity contribution in [2.75, 3.05) is 0 Å². The molecular formula is C8H6IN3O. The highest BCUT2D eigenvalue weighted by Crippen LogP contribution is 2.09. The van der Waals surface area contributed by atoms with Gasteiger partial charge in [-0.05, 0) is 34.7 Å². The van der Waals surface area contributed by atoms with E-state index in [1.54, 1.807) is 10.6 Å². The minimum atomic E-state index is -0.501. The summed E-state index contributed by atoms with van der Waals surface area (Å²) in [7, 11) is 0. The van der Waals surface area contributed by atoms with Crippen molar-refractivity contribution >= 4 is 34.1 Å². The molecule has 5 heteroatoms. The number of nitrogens with zero attached hydrogens (tertiary/aromatic N) is 2. The molecule has 0 aliphatic rings. The maximum Gasteiger partial charge on any atom is 0.268 e. The maximum atomic E-state index is 10.8. The van der Waals surface area contributed by atoms with Gasteiger partial charge in [-0.3, -0.25) is 4.79 Å². The van der Waals surface area contributed by atoms with Crippen LogP contribution in [0.25, 0.3) is 5.65 Å². The van der Waals surface area contributed by atoms with Gasteiger partial charge in [-0.2, -0.15) is 0 Å². The molecule has 2 aromatic heterocycles. The number of fused-ring (bicyclic) bond motifs is 1. The molecule has 4 nitrogen and oxygen atoms in total. The normalized spacial score (nSPS) is 10.5. The van der Waals surface area contributed by atoms with Crippen LogP contribution in [0.1, 0.15) is 10.5 Å². The summed E-state index contributed by atoms with van der Waals surface area (Å²) >= 11 is 2.18. The second-order valence-electron chi connectivity index (χ2n) is 2.60. The van der Waals surface area contributed by atoms with Crippen LogP contribution in [0.5, 0.6) is 0 Å². The molecule has 1 amide bonds. The van der Waals surface area contributed by atoms with E-state index < -0.39 is 5.91 Å². The van der Waals surface area contributed by atoms with Crippen LogP contribution >= 0.6 is 22.6 Å². The van der Waals surface area contributed by atoms with E-state index in [-0.39, 0.29) is 0 Å². The van der Waals surface area contributed by atoms with Gasteiger partial charge in [-0.25, -0.2) is 4.98 Å². The number of amides is 1. The van der Waals surface area contributed by atoms with E-state index in [0.29, 0.717) is 5.69 Å². The van der Waals surface area contributed by atoms with Crippen molar-refractivity contribution in [3.63, 3.8) is 0 Å². The molecule has 0 unspecified atom stereocenters. The molecule has 0 saturated carbocycles. The van der Waals surface area contributed by atoms with Crippen molar-refractivity contribution in [2.45, 2.75) is 0 Å². The fourth-order valence-electron chi connectivity index (χ4n) is 1.08. The zero-order chi connectivity index (χ0) is 9.42. The van der Waals surface area contributed by atoms with E-state index in [2.05, 4.69) is 27.6 Å². The lowest BCUT2D eigenvalue weighted by Gasteiger charge is -1.91. The van der Waals surface area contributed by atoms with Gasteiger partial charge in [0.1, 0.15) is 11.3 Å². The Balaban J connectivity index is 2.68. The minimum Gasteiger partial charge on any atom is -0.364 e. The smallest absolute Gasteiger partial charge is 0.268 e. The van der Waals surface area contributed by atoms with E-state index in [4.69, 9.17) is 5.73 Å². The molecule has 0 atom stereocenters. The monoisotopic (exact) mass is 287 g/mol. The highest BCUT2D eigenvalue weighted by Gasteiger charge is 2.05. The van der Waals surface area contributed by atoms with Gasteiger partial charge in [0, 0.05) is 16.0 Å². The lowest BCUT2D eigenvalue weighted by molar-refractivity contribution is 0.0996. The number of pyridine rings is 1. The highest BCUT2D eigenvalue weighted by atomic mass is 127. The van der Waals surface area contributed by atoms with Gasteiger partial charge in [-0.15, -0.1) is 0 Å². The van der Waals surface area contributed by atoms with Gasteiger partial charge < -0.3 is 10.1 Å². The highest BCUT2D eigenvalue weighted by molar-refractivity contribution is 14.1. The third-order valence-electron chi connectivity index (χ3n) is 1.67. The van der Waals surface area contributed by atoms with Gasteiger partial charge >= 0.3 is 0 Å². The number of carbonyl (C=O) groups excluding carboxylic acids is 1. The average molecular weight is 287 g/mol. The first-order valence-corrected chi connectivity index (χ1v) is 4.69. The van der Waals surface area contributed by atoms with Crippen molar-refractivity contribution in [2.24, 2.45) is 5.73 Å². The molecular weight excluding hydrogens is 281 g/mol. The molecule has 0 aromatic carbocycles. The van der Waals surface area contributed by atoms with Crippen LogP contribution in [0.4, 0.5) is 0 Å². The van der Waals surface area contributed by atoms with Crippen LogP contribution in [-0.2, 0) is 0 Å². The third kappa shape index (κ3) is 1.51. The van der Waals surface area contributed by atoms with Gasteiger partial charge in [0.2, 0.25) is 0 Å². The summed E-state index contributed by atoms with van der Waals surface area (Å²) in [5.74, 6) is -0.501. The first kappa shape index (κ1) is 8.49. The van der Waals surface area contributed by atoms with Gasteiger partial charge in [0.25, 0.3) is 5.91 Å². The fourth-order valence-corrected chi connectivity index (χ4v) is 1.52. The van der Waals surface area contributed by atoms with Crippen LogP contribution in [-0.4, -0.2) is 15.3 Å². The summed E-state index contributed by atoms with van der Waals surface area (Å²) in [4.78, 5) is 14.9. The zero-order valence-electron chi connectivity index (χ0n) is 6.57. The Morgan fingerprint density at radius 3 is 3.08 bits per heavy atom. The van der Waals surface area contributed by atoms with Crippen LogP contribution < -0.4 is 5.73 Å². The Hall–Kier alpha value is -1.11. The molecule has 0 spiro atoms. The quantitative estimate of drug-likeness (QED) is 0.797. The lowest BCUT2D eigenvalue weighted by atomic mass is 10.5. The molecule has 66 valence electrons. The van der Waals surface area contributed by atoms with E-state index in [1.165, 1.54) is 0 Å². The first-order chi connectivity index (χ1) is 6.16. The molecule has 0 aliphatic carbocycles. The summed E-state index contributed by atoms with van der Waals surface area (Å²) < 4.78 is 2.84. The molecule has 2 heterocycles. The number of hydrogen-bond acceptors (Lipinski definition) is 2. The maximum absolute atomic E-state index is 10.8. The third-order valence-corrected chi connectivity index (χ3v) is 2.35. The second kappa shape index (κ2) is 2.99. The molecule has 0 saturated heterocycles. The van der Waals surface area contributed by atoms with Crippen LogP contribution in [0.15, 0.2) is 24.5 Å². The Kier molecular flexibility index (Phi) is 1.95. The molecule has 2 aromatic rings. The van der Waals surface area contributed by atoms with Crippen LogP contribution in [0.3, 0.4) is 0 Å². The SMILES string of the molecule is NC(=O)c1cn2ccc(I)cc2n1. The summed E-state index contributed by atoms with van der Waals surface area (Å²) in [6, 6.07) is 3.81. The molecule has 13 heavy (non-hydrogen) atoms. The first-order valence-electron chi connectivity index (χ1n) is 3.61. The predicted molar refractivity (Wildman–Crippen MR) is 56.4 cm³/mol. The second-order valence-corrected chi connectivity index (χ2v) is 3.85. The van der Waals surface area contributed by atoms with Crippen molar-refractivity contribution in [1.82, 2.24) is 9.38 Å². The van der Waals surface area contributed by atoms with Crippen LogP contribution in [0, 0.1) is 3.57 Å². The number of halogens is 1. The number of carbonyl (C=O) groups is 1. The predicted octanol–water partition coefficient (Wildman–Crippen LogP) is 1.04. The lowest BCUT2D eigenvalue weighted by Crippen LogP contribution is -2.10. The Labute approximate surface area is 87.9 Å². The van der Waals surface area contributed by atoms with E-state index in [1.807, 2.05) is 18.3 Å². The summed E-state index contributed by atoms with van der Waals surface area (Å²) in [5, 5.41) is 0. The molecule has 0 aliphatic heterocycles. The minimum absolute atomic E-state index is 0.294. The number of hydrogen-bond donors (Lipinski definition) is 1. The zero-order valence-corrected chi connectivity index (χ0v) is 8.72. The number of aromatic nitrogens is 2. The van der Waals surface area contributed by atoms with Gasteiger partial charge in [0.15, 0.2) is 0 Å². The molecule has 2 N–H and O–H groups in total. The Morgan fingerprint density at radius 1 is 1.62 bits per heavy atom. The van der Waals surface area contributed by atoms with E-state index in [0.717, 1.165) is 9.22 Å². The number of rotatable bonds is 1. The van der Waals surface area contributed by atoms with E-state index >= 15 is 0 Å². The largest absolute Gasteiger partial charge is 0.364 e. The topological polar surface area (TPSA) is 60.4 Å². The van der Waals surface area contributed by atoms with Crippen molar-refractivity contribution in [3.05, 3.63) is 33.8 Å². The standard InChI is InChI=1S/C8H6IN3O/c9-5-1-2-12-4-6(8(10)13)11-7(12)3-5/h1-4H,(H2,10,13). The molecule has 0 radical (unpaired) electrons. The molecule has 0 bridgehead atoms. The summed E-state index contributed by atoms with van der Waals surface area (Å²) in [6.07, 6.45) is 3.46. The van der Waals surface area contributed by atoms with Gasteiger partial charge in [0.05, 0.1) is 0 Å². The molecule has 0 fully saturated rings. The fraction of sp³-hybridized carbons (Fsp3) is 0. The van der Waals surface area contributed by atoms with Crippen molar-refractivity contribution in [1.29, 1.82) is 0 Å². The number of nitrogens with two attached hydrogens (primary N) is 1.